The van der Waals surface area contributed by atoms with Gasteiger partial charge in [0.25, 0.3) is 0 Å². The maximum atomic E-state index is 12.3. The molecule has 1 aliphatic heterocycles. The lowest BCUT2D eigenvalue weighted by Crippen LogP contribution is -2.16. The zero-order valence-electron chi connectivity index (χ0n) is 18.3. The van der Waals surface area contributed by atoms with Crippen LogP contribution in [0.15, 0.2) is 24.5 Å². The largest absolute Gasteiger partial charge is 0.481 e. The summed E-state index contributed by atoms with van der Waals surface area (Å²) in [5, 5.41) is 12.9. The summed E-state index contributed by atoms with van der Waals surface area (Å²) < 4.78 is 0. The number of nitrogens with one attached hydrogen (secondary N) is 1. The molecule has 0 aliphatic carbocycles. The van der Waals surface area contributed by atoms with Crippen molar-refractivity contribution in [2.75, 3.05) is 30.9 Å². The van der Waals surface area contributed by atoms with Crippen LogP contribution >= 0.6 is 0 Å². The number of carbonyl (C=O) groups excluding carboxylic acids is 1. The van der Waals surface area contributed by atoms with Crippen molar-refractivity contribution >= 4 is 23.5 Å². The highest BCUT2D eigenvalue weighted by Gasteiger charge is 2.22. The van der Waals surface area contributed by atoms with Crippen molar-refractivity contribution in [2.45, 2.75) is 57.3 Å². The molecule has 0 saturated carbocycles. The van der Waals surface area contributed by atoms with E-state index in [0.717, 1.165) is 50.2 Å². The number of hydrogen-bond acceptors (Lipinski definition) is 7. The second-order valence-electron chi connectivity index (χ2n) is 8.23. The van der Waals surface area contributed by atoms with Gasteiger partial charge in [0.05, 0.1) is 5.92 Å². The average Bonchev–Trinajstić information content (AvgIpc) is 2.77. The van der Waals surface area contributed by atoms with Gasteiger partial charge in [-0.25, -0.2) is 15.0 Å². The van der Waals surface area contributed by atoms with E-state index in [-0.39, 0.29) is 18.6 Å². The summed E-state index contributed by atoms with van der Waals surface area (Å²) >= 11 is 0. The summed E-state index contributed by atoms with van der Waals surface area (Å²) in [4.78, 5) is 38.7. The molecule has 0 radical (unpaired) electrons. The fourth-order valence-corrected chi connectivity index (χ4v) is 3.74. The summed E-state index contributed by atoms with van der Waals surface area (Å²) in [6, 6.07) is 4.23. The Labute approximate surface area is 183 Å². The minimum absolute atomic E-state index is 0.0946. The van der Waals surface area contributed by atoms with Gasteiger partial charge in [0.1, 0.15) is 11.6 Å². The highest BCUT2D eigenvalue weighted by molar-refractivity contribution is 5.80. The molecule has 1 aliphatic rings. The lowest BCUT2D eigenvalue weighted by Gasteiger charge is -2.17. The number of aryl methyl sites for hydroxylation is 2. The van der Waals surface area contributed by atoms with Crippen LogP contribution in [-0.4, -0.2) is 52.5 Å². The summed E-state index contributed by atoms with van der Waals surface area (Å²) in [7, 11) is 3.64. The molecule has 2 aromatic rings. The third kappa shape index (κ3) is 6.47. The molecular formula is C23H31N5O3. The molecule has 2 N–H and O–H groups in total. The first-order chi connectivity index (χ1) is 14.9. The number of pyridine rings is 1. The average molecular weight is 426 g/mol. The predicted octanol–water partition coefficient (Wildman–Crippen LogP) is 3.23. The third-order valence-electron chi connectivity index (χ3n) is 5.56. The van der Waals surface area contributed by atoms with E-state index < -0.39 is 11.9 Å². The maximum absolute atomic E-state index is 12.3. The summed E-state index contributed by atoms with van der Waals surface area (Å²) in [6.07, 6.45) is 8.77. The van der Waals surface area contributed by atoms with E-state index in [1.807, 2.05) is 14.1 Å². The summed E-state index contributed by atoms with van der Waals surface area (Å²) in [5.74, 6) is -0.110. The number of Topliss-reactive ketones (excluding diaryl/α,β-unsaturated/α-hetero) is 1. The fraction of sp³-hybridized carbons (Fsp3) is 0.522. The van der Waals surface area contributed by atoms with Crippen LogP contribution < -0.4 is 10.2 Å². The molecule has 3 heterocycles. The molecule has 8 nitrogen and oxygen atoms in total. The van der Waals surface area contributed by atoms with Gasteiger partial charge in [-0.2, -0.15) is 0 Å². The number of carboxylic acid groups (broad SMARTS) is 1. The number of ketones is 1. The first-order valence-electron chi connectivity index (χ1n) is 10.9. The Morgan fingerprint density at radius 3 is 2.65 bits per heavy atom. The monoisotopic (exact) mass is 425 g/mol. The SMILES string of the molecule is CN(C)c1ncc([C@H](CCC(=O)CCCCc2ccc3c(n2)NCCC3)C(=O)O)cn1. The van der Waals surface area contributed by atoms with Gasteiger partial charge in [-0.15, -0.1) is 0 Å². The maximum Gasteiger partial charge on any atom is 0.311 e. The van der Waals surface area contributed by atoms with Crippen LogP contribution in [0.5, 0.6) is 0 Å². The van der Waals surface area contributed by atoms with Crippen LogP contribution in [0, 0.1) is 0 Å². The predicted molar refractivity (Wildman–Crippen MR) is 120 cm³/mol. The third-order valence-corrected chi connectivity index (χ3v) is 5.56. The quantitative estimate of drug-likeness (QED) is 0.528. The van der Waals surface area contributed by atoms with Gasteiger partial charge in [-0.1, -0.05) is 6.07 Å². The normalized spacial score (nSPS) is 13.7. The molecule has 0 aromatic carbocycles. The van der Waals surface area contributed by atoms with E-state index in [2.05, 4.69) is 32.4 Å². The fourth-order valence-electron chi connectivity index (χ4n) is 3.74. The van der Waals surface area contributed by atoms with E-state index in [1.165, 1.54) is 18.0 Å². The van der Waals surface area contributed by atoms with Crippen molar-refractivity contribution < 1.29 is 14.7 Å². The molecule has 0 unspecified atom stereocenters. The van der Waals surface area contributed by atoms with E-state index in [1.54, 1.807) is 4.90 Å². The van der Waals surface area contributed by atoms with Crippen molar-refractivity contribution in [1.82, 2.24) is 15.0 Å². The van der Waals surface area contributed by atoms with Crippen LogP contribution in [0.1, 0.15) is 61.3 Å². The van der Waals surface area contributed by atoms with Gasteiger partial charge in [0.15, 0.2) is 0 Å². The van der Waals surface area contributed by atoms with Crippen molar-refractivity contribution in [3.8, 4) is 0 Å². The van der Waals surface area contributed by atoms with Gasteiger partial charge < -0.3 is 15.3 Å². The Morgan fingerprint density at radius 2 is 1.94 bits per heavy atom. The number of hydrogen-bond donors (Lipinski definition) is 2. The number of aliphatic carboxylic acids is 1. The van der Waals surface area contributed by atoms with Crippen LogP contribution in [0.2, 0.25) is 0 Å². The number of anilines is 2. The molecule has 166 valence electrons. The lowest BCUT2D eigenvalue weighted by atomic mass is 9.94. The highest BCUT2D eigenvalue weighted by Crippen LogP contribution is 2.23. The number of unbranched alkanes of at least 4 members (excludes halogenated alkanes) is 1. The highest BCUT2D eigenvalue weighted by atomic mass is 16.4. The second kappa shape index (κ2) is 10.8. The van der Waals surface area contributed by atoms with Gasteiger partial charge in [-0.3, -0.25) is 9.59 Å². The van der Waals surface area contributed by atoms with E-state index in [4.69, 9.17) is 0 Å². The minimum Gasteiger partial charge on any atom is -0.481 e. The zero-order chi connectivity index (χ0) is 22.2. The Bertz CT molecular complexity index is 899. The second-order valence-corrected chi connectivity index (χ2v) is 8.23. The molecular weight excluding hydrogens is 394 g/mol. The van der Waals surface area contributed by atoms with Crippen LogP contribution in [0.3, 0.4) is 0 Å². The van der Waals surface area contributed by atoms with Crippen molar-refractivity contribution in [1.29, 1.82) is 0 Å². The topological polar surface area (TPSA) is 108 Å². The molecule has 0 spiro atoms. The van der Waals surface area contributed by atoms with Crippen molar-refractivity contribution in [2.24, 2.45) is 0 Å². The number of carboxylic acids is 1. The Hall–Kier alpha value is -3.03. The van der Waals surface area contributed by atoms with Crippen LogP contribution in [-0.2, 0) is 22.4 Å². The molecule has 2 aromatic heterocycles. The first kappa shape index (κ1) is 22.7. The Balaban J connectivity index is 1.41. The van der Waals surface area contributed by atoms with Gasteiger partial charge >= 0.3 is 5.97 Å². The van der Waals surface area contributed by atoms with E-state index in [0.29, 0.717) is 17.9 Å². The molecule has 0 fully saturated rings. The molecule has 3 rings (SSSR count). The van der Waals surface area contributed by atoms with E-state index >= 15 is 0 Å². The first-order valence-corrected chi connectivity index (χ1v) is 10.9. The number of nitrogens with zero attached hydrogens (tertiary/aromatic N) is 4. The number of aromatic nitrogens is 3. The Morgan fingerprint density at radius 1 is 1.16 bits per heavy atom. The summed E-state index contributed by atoms with van der Waals surface area (Å²) in [6.45, 7) is 0.973. The summed E-state index contributed by atoms with van der Waals surface area (Å²) in [5.41, 5.74) is 2.85. The molecule has 0 saturated heterocycles. The number of rotatable bonds is 11. The van der Waals surface area contributed by atoms with Gasteiger partial charge in [-0.05, 0) is 50.2 Å². The standard InChI is InChI=1S/C23H31N5O3/c1-28(2)23-25-14-17(15-26-23)20(22(30)31)12-11-19(29)8-4-3-7-18-10-9-16-6-5-13-24-21(16)27-18/h9-10,14-15,20H,3-8,11-13H2,1-2H3,(H,24,27)(H,30,31)/t20-/m0/s1. The Kier molecular flexibility index (Phi) is 7.92. The lowest BCUT2D eigenvalue weighted by molar-refractivity contribution is -0.139. The number of fused-ring (bicyclic) bond motifs is 1. The zero-order valence-corrected chi connectivity index (χ0v) is 18.3. The van der Waals surface area contributed by atoms with Gasteiger partial charge in [0, 0.05) is 57.1 Å². The van der Waals surface area contributed by atoms with Crippen molar-refractivity contribution in [3.63, 3.8) is 0 Å². The molecule has 1 atom stereocenters. The smallest absolute Gasteiger partial charge is 0.311 e. The van der Waals surface area contributed by atoms with Crippen LogP contribution in [0.25, 0.3) is 0 Å². The van der Waals surface area contributed by atoms with Crippen molar-refractivity contribution in [3.05, 3.63) is 41.3 Å². The minimum atomic E-state index is -0.957. The molecule has 8 heteroatoms. The van der Waals surface area contributed by atoms with Crippen LogP contribution in [0.4, 0.5) is 11.8 Å². The van der Waals surface area contributed by atoms with E-state index in [9.17, 15) is 14.7 Å². The van der Waals surface area contributed by atoms with Gasteiger partial charge in [0.2, 0.25) is 5.95 Å². The molecule has 31 heavy (non-hydrogen) atoms. The number of carbonyl (C=O) groups is 2. The molecule has 0 amide bonds. The molecule has 0 bridgehead atoms.